The van der Waals surface area contributed by atoms with Crippen molar-refractivity contribution in [2.24, 2.45) is 5.92 Å². The monoisotopic (exact) mass is 326 g/mol. The predicted octanol–water partition coefficient (Wildman–Crippen LogP) is 1.52. The van der Waals surface area contributed by atoms with Crippen molar-refractivity contribution in [2.75, 3.05) is 32.0 Å². The molecule has 1 atom stereocenters. The Morgan fingerprint density at radius 2 is 2.18 bits per heavy atom. The van der Waals surface area contributed by atoms with Crippen LogP contribution < -0.4 is 10.0 Å². The van der Waals surface area contributed by atoms with Crippen LogP contribution in [0.2, 0.25) is 0 Å². The lowest BCUT2D eigenvalue weighted by Crippen LogP contribution is -2.37. The number of nitrogens with zero attached hydrogens (tertiary/aromatic N) is 2. The summed E-state index contributed by atoms with van der Waals surface area (Å²) < 4.78 is 25.6. The molecule has 0 saturated carbocycles. The average Bonchev–Trinajstić information content (AvgIpc) is 2.92. The second-order valence-electron chi connectivity index (χ2n) is 6.15. The van der Waals surface area contributed by atoms with Crippen molar-refractivity contribution >= 4 is 15.8 Å². The first-order chi connectivity index (χ1) is 10.4. The van der Waals surface area contributed by atoms with E-state index in [1.54, 1.807) is 12.1 Å². The number of aromatic nitrogens is 1. The smallest absolute Gasteiger partial charge is 0.241 e. The summed E-state index contributed by atoms with van der Waals surface area (Å²) >= 11 is 0. The van der Waals surface area contributed by atoms with Gasteiger partial charge < -0.3 is 5.32 Å². The van der Waals surface area contributed by atoms with Crippen molar-refractivity contribution in [2.45, 2.75) is 37.6 Å². The average molecular weight is 326 g/mol. The van der Waals surface area contributed by atoms with E-state index in [4.69, 9.17) is 0 Å². The molecule has 0 radical (unpaired) electrons. The molecule has 2 rings (SSSR count). The lowest BCUT2D eigenvalue weighted by atomic mass is 10.1. The highest BCUT2D eigenvalue weighted by atomic mass is 32.2. The van der Waals surface area contributed by atoms with E-state index in [1.165, 1.54) is 26.1 Å². The van der Waals surface area contributed by atoms with Gasteiger partial charge in [0.25, 0.3) is 0 Å². The van der Waals surface area contributed by atoms with Gasteiger partial charge >= 0.3 is 0 Å². The molecule has 0 unspecified atom stereocenters. The van der Waals surface area contributed by atoms with E-state index in [0.717, 1.165) is 19.6 Å². The normalized spacial score (nSPS) is 19.7. The van der Waals surface area contributed by atoms with Gasteiger partial charge in [0.2, 0.25) is 10.0 Å². The summed E-state index contributed by atoms with van der Waals surface area (Å²) in [4.78, 5) is 6.90. The van der Waals surface area contributed by atoms with Gasteiger partial charge in [-0.3, -0.25) is 4.90 Å². The van der Waals surface area contributed by atoms with Gasteiger partial charge in [-0.2, -0.15) is 0 Å². The van der Waals surface area contributed by atoms with Crippen LogP contribution in [0.5, 0.6) is 0 Å². The van der Waals surface area contributed by atoms with Gasteiger partial charge in [0.15, 0.2) is 0 Å². The number of likely N-dealkylation sites (tertiary alicyclic amines) is 1. The molecule has 22 heavy (non-hydrogen) atoms. The number of hydrogen-bond acceptors (Lipinski definition) is 5. The summed E-state index contributed by atoms with van der Waals surface area (Å²) in [6.45, 7) is 7.62. The van der Waals surface area contributed by atoms with Crippen molar-refractivity contribution < 1.29 is 8.42 Å². The van der Waals surface area contributed by atoms with Gasteiger partial charge in [-0.05, 0) is 44.5 Å². The zero-order valence-corrected chi connectivity index (χ0v) is 14.4. The van der Waals surface area contributed by atoms with Crippen LogP contribution in [0, 0.1) is 5.92 Å². The Bertz CT molecular complexity index is 572. The van der Waals surface area contributed by atoms with Gasteiger partial charge in [0.1, 0.15) is 10.7 Å². The molecule has 1 aliphatic rings. The Hall–Kier alpha value is -1.18. The summed E-state index contributed by atoms with van der Waals surface area (Å²) in [5.74, 6) is 1.39. The Balaban J connectivity index is 1.92. The number of rotatable bonds is 7. The fraction of sp³-hybridized carbons (Fsp3) is 0.667. The summed E-state index contributed by atoms with van der Waals surface area (Å²) in [6.07, 6.45) is 3.83. The van der Waals surface area contributed by atoms with Crippen LogP contribution >= 0.6 is 0 Å². The Kier molecular flexibility index (Phi) is 5.77. The molecule has 2 N–H and O–H groups in total. The molecule has 0 aliphatic carbocycles. The molecule has 1 aliphatic heterocycles. The minimum absolute atomic E-state index is 0.183. The minimum Gasteiger partial charge on any atom is -0.369 e. The number of anilines is 1. The zero-order valence-electron chi connectivity index (χ0n) is 13.5. The largest absolute Gasteiger partial charge is 0.369 e. The number of sulfonamides is 1. The maximum atomic E-state index is 11.6. The van der Waals surface area contributed by atoms with Crippen LogP contribution in [0.4, 0.5) is 5.82 Å². The topological polar surface area (TPSA) is 74.3 Å². The van der Waals surface area contributed by atoms with E-state index < -0.39 is 10.0 Å². The maximum absolute atomic E-state index is 11.6. The molecule has 1 saturated heterocycles. The van der Waals surface area contributed by atoms with Crippen LogP contribution in [0.3, 0.4) is 0 Å². The Morgan fingerprint density at radius 3 is 2.77 bits per heavy atom. The van der Waals surface area contributed by atoms with Crippen molar-refractivity contribution in [1.82, 2.24) is 14.6 Å². The summed E-state index contributed by atoms with van der Waals surface area (Å²) in [7, 11) is -2.02. The minimum atomic E-state index is -3.42. The van der Waals surface area contributed by atoms with Crippen LogP contribution in [0.1, 0.15) is 26.7 Å². The number of pyridine rings is 1. The molecule has 0 amide bonds. The highest BCUT2D eigenvalue weighted by Gasteiger charge is 2.24. The molecule has 124 valence electrons. The molecular weight excluding hydrogens is 300 g/mol. The van der Waals surface area contributed by atoms with Crippen molar-refractivity contribution in [3.63, 3.8) is 0 Å². The van der Waals surface area contributed by atoms with Crippen LogP contribution in [0.25, 0.3) is 0 Å². The molecule has 0 bridgehead atoms. The molecular formula is C15H26N4O2S. The van der Waals surface area contributed by atoms with E-state index in [-0.39, 0.29) is 4.90 Å². The van der Waals surface area contributed by atoms with E-state index in [1.807, 2.05) is 0 Å². The third-order valence-electron chi connectivity index (χ3n) is 3.93. The number of hydrogen-bond donors (Lipinski definition) is 2. The molecule has 2 heterocycles. The van der Waals surface area contributed by atoms with E-state index in [2.05, 4.69) is 33.8 Å². The van der Waals surface area contributed by atoms with Crippen LogP contribution in [-0.2, 0) is 10.0 Å². The van der Waals surface area contributed by atoms with E-state index in [0.29, 0.717) is 17.8 Å². The first kappa shape index (κ1) is 17.2. The fourth-order valence-electron chi connectivity index (χ4n) is 2.82. The Morgan fingerprint density at radius 1 is 1.41 bits per heavy atom. The molecule has 6 nitrogen and oxygen atoms in total. The fourth-order valence-corrected chi connectivity index (χ4v) is 3.49. The molecule has 1 aromatic rings. The van der Waals surface area contributed by atoms with Crippen LogP contribution in [0.15, 0.2) is 23.2 Å². The highest BCUT2D eigenvalue weighted by Crippen LogP contribution is 2.19. The van der Waals surface area contributed by atoms with Crippen LogP contribution in [-0.4, -0.2) is 51.0 Å². The molecule has 7 heteroatoms. The predicted molar refractivity (Wildman–Crippen MR) is 88.4 cm³/mol. The van der Waals surface area contributed by atoms with Gasteiger partial charge in [-0.1, -0.05) is 13.8 Å². The summed E-state index contributed by atoms with van der Waals surface area (Å²) in [5.41, 5.74) is 0. The third-order valence-corrected chi connectivity index (χ3v) is 5.33. The summed E-state index contributed by atoms with van der Waals surface area (Å²) in [5, 5.41) is 3.32. The van der Waals surface area contributed by atoms with E-state index in [9.17, 15) is 8.42 Å². The zero-order chi connectivity index (χ0) is 16.2. The number of nitrogens with one attached hydrogen (secondary N) is 2. The van der Waals surface area contributed by atoms with E-state index >= 15 is 0 Å². The first-order valence-electron chi connectivity index (χ1n) is 7.80. The molecule has 1 aromatic heterocycles. The second kappa shape index (κ2) is 7.39. The quantitative estimate of drug-likeness (QED) is 0.795. The standard InChI is InChI=1S/C15H26N4O2S/c1-12(2)11-19-8-4-5-13(19)9-17-15-7-6-14(10-18-15)22(20,21)16-3/h6-7,10,12-13,16H,4-5,8-9,11H2,1-3H3,(H,17,18)/t13-/m1/s1. The van der Waals surface area contributed by atoms with Gasteiger partial charge in [0.05, 0.1) is 0 Å². The highest BCUT2D eigenvalue weighted by molar-refractivity contribution is 7.89. The van der Waals surface area contributed by atoms with Crippen molar-refractivity contribution in [3.8, 4) is 0 Å². The van der Waals surface area contributed by atoms with Gasteiger partial charge in [-0.15, -0.1) is 0 Å². The third kappa shape index (κ3) is 4.41. The maximum Gasteiger partial charge on any atom is 0.241 e. The van der Waals surface area contributed by atoms with Gasteiger partial charge in [-0.25, -0.2) is 18.1 Å². The summed E-state index contributed by atoms with van der Waals surface area (Å²) in [6, 6.07) is 3.82. The molecule has 1 fully saturated rings. The van der Waals surface area contributed by atoms with Crippen molar-refractivity contribution in [1.29, 1.82) is 0 Å². The second-order valence-corrected chi connectivity index (χ2v) is 8.04. The first-order valence-corrected chi connectivity index (χ1v) is 9.28. The SMILES string of the molecule is CNS(=O)(=O)c1ccc(NC[C@H]2CCCN2CC(C)C)nc1. The van der Waals surface area contributed by atoms with Gasteiger partial charge in [0, 0.05) is 25.3 Å². The lowest BCUT2D eigenvalue weighted by molar-refractivity contribution is 0.234. The Labute approximate surface area is 133 Å². The van der Waals surface area contributed by atoms with Crippen molar-refractivity contribution in [3.05, 3.63) is 18.3 Å². The molecule has 0 aromatic carbocycles. The lowest BCUT2D eigenvalue weighted by Gasteiger charge is -2.26. The molecule has 0 spiro atoms.